The predicted octanol–water partition coefficient (Wildman–Crippen LogP) is 4.42. The van der Waals surface area contributed by atoms with Gasteiger partial charge in [0.15, 0.2) is 6.10 Å². The summed E-state index contributed by atoms with van der Waals surface area (Å²) < 4.78 is 5.58. The number of nitrogens with one attached hydrogen (secondary N) is 1. The molecule has 0 spiro atoms. The minimum Gasteiger partial charge on any atom is -0.445 e. The zero-order valence-electron chi connectivity index (χ0n) is 15.6. The first-order chi connectivity index (χ1) is 14.0. The van der Waals surface area contributed by atoms with E-state index in [1.807, 2.05) is 0 Å². The Labute approximate surface area is 167 Å². The Kier molecular flexibility index (Phi) is 5.99. The minimum atomic E-state index is -1.24. The van der Waals surface area contributed by atoms with Crippen molar-refractivity contribution in [1.29, 1.82) is 0 Å². The summed E-state index contributed by atoms with van der Waals surface area (Å²) in [5.74, 6) is -1.10. The van der Waals surface area contributed by atoms with Gasteiger partial charge in [-0.05, 0) is 24.3 Å². The molecule has 0 unspecified atom stereocenters. The van der Waals surface area contributed by atoms with Crippen LogP contribution in [0, 0.1) is 10.1 Å². The largest absolute Gasteiger partial charge is 0.445 e. The van der Waals surface area contributed by atoms with E-state index in [0.29, 0.717) is 16.8 Å². The molecule has 29 heavy (non-hydrogen) atoms. The number of nitrogens with zero attached hydrogens (tertiary/aromatic N) is 1. The highest BCUT2D eigenvalue weighted by Crippen LogP contribution is 2.27. The van der Waals surface area contributed by atoms with E-state index in [0.717, 1.165) is 0 Å². The summed E-state index contributed by atoms with van der Waals surface area (Å²) in [5, 5.41) is 13.8. The smallest absolute Gasteiger partial charge is 0.341 e. The average molecular weight is 390 g/mol. The highest BCUT2D eigenvalue weighted by molar-refractivity contribution is 6.03. The summed E-state index contributed by atoms with van der Waals surface area (Å²) in [7, 11) is 1.68. The van der Waals surface area contributed by atoms with Crippen molar-refractivity contribution in [2.75, 3.05) is 12.4 Å². The third kappa shape index (κ3) is 4.47. The summed E-state index contributed by atoms with van der Waals surface area (Å²) >= 11 is 0. The van der Waals surface area contributed by atoms with Crippen LogP contribution in [0.3, 0.4) is 0 Å². The number of hydrogen-bond donors (Lipinski definition) is 1. The number of non-ortho nitro benzene ring substituents is 1. The maximum absolute atomic E-state index is 13.1. The monoisotopic (exact) mass is 390 g/mol. The number of benzene rings is 3. The average Bonchev–Trinajstić information content (AvgIpc) is 2.77. The van der Waals surface area contributed by atoms with Gasteiger partial charge in [-0.1, -0.05) is 42.5 Å². The number of carbonyl (C=O) groups is 2. The first-order valence-corrected chi connectivity index (χ1v) is 8.82. The van der Waals surface area contributed by atoms with Crippen molar-refractivity contribution in [3.8, 4) is 0 Å². The molecule has 7 nitrogen and oxygen atoms in total. The third-order valence-corrected chi connectivity index (χ3v) is 4.34. The van der Waals surface area contributed by atoms with E-state index in [1.165, 1.54) is 24.3 Å². The fourth-order valence-electron chi connectivity index (χ4n) is 2.85. The van der Waals surface area contributed by atoms with Crippen molar-refractivity contribution in [2.24, 2.45) is 0 Å². The molecule has 1 N–H and O–H groups in total. The van der Waals surface area contributed by atoms with Gasteiger partial charge in [-0.25, -0.2) is 4.79 Å². The van der Waals surface area contributed by atoms with Crippen LogP contribution in [0.2, 0.25) is 0 Å². The normalized spacial score (nSPS) is 11.3. The molecule has 0 bridgehead atoms. The number of ether oxygens (including phenoxy) is 1. The molecule has 0 radical (unpaired) electrons. The fraction of sp³-hybridized carbons (Fsp3) is 0.0909. The second-order valence-corrected chi connectivity index (χ2v) is 6.16. The number of anilines is 1. The number of Topliss-reactive ketones (excluding diaryl/α,β-unsaturated/α-hetero) is 1. The van der Waals surface area contributed by atoms with Crippen molar-refractivity contribution >= 4 is 23.1 Å². The number of carbonyl (C=O) groups excluding carboxylic acids is 2. The molecule has 0 saturated heterocycles. The van der Waals surface area contributed by atoms with Crippen molar-refractivity contribution in [1.82, 2.24) is 0 Å². The Morgan fingerprint density at radius 1 is 0.931 bits per heavy atom. The van der Waals surface area contributed by atoms with Crippen LogP contribution < -0.4 is 5.32 Å². The number of hydrogen-bond acceptors (Lipinski definition) is 6. The van der Waals surface area contributed by atoms with E-state index in [2.05, 4.69) is 5.32 Å². The second-order valence-electron chi connectivity index (χ2n) is 6.16. The van der Waals surface area contributed by atoms with Crippen LogP contribution in [0.5, 0.6) is 0 Å². The predicted molar refractivity (Wildman–Crippen MR) is 108 cm³/mol. The molecule has 3 aromatic carbocycles. The van der Waals surface area contributed by atoms with Gasteiger partial charge in [0, 0.05) is 36.0 Å². The molecule has 0 saturated carbocycles. The van der Waals surface area contributed by atoms with E-state index in [4.69, 9.17) is 4.74 Å². The van der Waals surface area contributed by atoms with Crippen LogP contribution in [-0.2, 0) is 4.74 Å². The molecule has 0 aliphatic carbocycles. The zero-order chi connectivity index (χ0) is 20.8. The van der Waals surface area contributed by atoms with Crippen LogP contribution in [0.15, 0.2) is 78.9 Å². The molecule has 146 valence electrons. The lowest BCUT2D eigenvalue weighted by Crippen LogP contribution is -2.21. The molecule has 3 aromatic rings. The molecule has 0 heterocycles. The molecular weight excluding hydrogens is 372 g/mol. The number of esters is 1. The molecule has 3 rings (SSSR count). The van der Waals surface area contributed by atoms with Crippen LogP contribution in [0.25, 0.3) is 0 Å². The van der Waals surface area contributed by atoms with Gasteiger partial charge in [0.1, 0.15) is 0 Å². The summed E-state index contributed by atoms with van der Waals surface area (Å²) in [4.78, 5) is 36.2. The summed E-state index contributed by atoms with van der Waals surface area (Å²) in [6.45, 7) is 0. The third-order valence-electron chi connectivity index (χ3n) is 4.34. The summed E-state index contributed by atoms with van der Waals surface area (Å²) in [6, 6.07) is 20.6. The van der Waals surface area contributed by atoms with E-state index >= 15 is 0 Å². The maximum atomic E-state index is 13.1. The van der Waals surface area contributed by atoms with Gasteiger partial charge in [-0.2, -0.15) is 0 Å². The Hall–Kier alpha value is -4.00. The van der Waals surface area contributed by atoms with Crippen molar-refractivity contribution in [3.05, 3.63) is 106 Å². The fourth-order valence-corrected chi connectivity index (χ4v) is 2.85. The maximum Gasteiger partial charge on any atom is 0.341 e. The Morgan fingerprint density at radius 2 is 1.55 bits per heavy atom. The molecule has 0 aliphatic rings. The van der Waals surface area contributed by atoms with Gasteiger partial charge in [0.05, 0.1) is 10.5 Å². The molecule has 0 fully saturated rings. The molecule has 0 amide bonds. The van der Waals surface area contributed by atoms with Crippen LogP contribution in [0.1, 0.15) is 32.4 Å². The second kappa shape index (κ2) is 8.79. The lowest BCUT2D eigenvalue weighted by Gasteiger charge is -2.18. The molecule has 0 aromatic heterocycles. The van der Waals surface area contributed by atoms with Gasteiger partial charge >= 0.3 is 5.97 Å². The first kappa shape index (κ1) is 19.8. The van der Waals surface area contributed by atoms with Crippen LogP contribution in [0.4, 0.5) is 11.4 Å². The van der Waals surface area contributed by atoms with Crippen molar-refractivity contribution < 1.29 is 19.2 Å². The van der Waals surface area contributed by atoms with Gasteiger partial charge in [-0.15, -0.1) is 0 Å². The van der Waals surface area contributed by atoms with E-state index in [-0.39, 0.29) is 11.3 Å². The van der Waals surface area contributed by atoms with Gasteiger partial charge in [0.25, 0.3) is 5.69 Å². The highest BCUT2D eigenvalue weighted by atomic mass is 16.6. The first-order valence-electron chi connectivity index (χ1n) is 8.82. The molecule has 1 atom stereocenters. The van der Waals surface area contributed by atoms with Crippen LogP contribution in [-0.4, -0.2) is 23.7 Å². The minimum absolute atomic E-state index is 0.119. The lowest BCUT2D eigenvalue weighted by atomic mass is 9.99. The van der Waals surface area contributed by atoms with E-state index < -0.39 is 22.8 Å². The standard InChI is InChI=1S/C22H18N2O5/c1-23-19-10-6-5-9-18(19)22(26)29-21(20(25)15-7-3-2-4-8-15)16-11-13-17(14-12-16)24(27)28/h2-14,21,23H,1H3/t21-/m1/s1. The molecule has 7 heteroatoms. The van der Waals surface area contributed by atoms with E-state index in [9.17, 15) is 19.7 Å². The molecule has 0 aliphatic heterocycles. The van der Waals surface area contributed by atoms with Crippen molar-refractivity contribution in [2.45, 2.75) is 6.10 Å². The van der Waals surface area contributed by atoms with Gasteiger partial charge in [-0.3, -0.25) is 14.9 Å². The van der Waals surface area contributed by atoms with E-state index in [1.54, 1.807) is 61.6 Å². The summed E-state index contributed by atoms with van der Waals surface area (Å²) in [5.41, 5.74) is 1.44. The Morgan fingerprint density at radius 3 is 2.17 bits per heavy atom. The lowest BCUT2D eigenvalue weighted by molar-refractivity contribution is -0.384. The number of ketones is 1. The van der Waals surface area contributed by atoms with Crippen LogP contribution >= 0.6 is 0 Å². The number of para-hydroxylation sites is 1. The Bertz CT molecular complexity index is 1030. The SMILES string of the molecule is CNc1ccccc1C(=O)O[C@@H](C(=O)c1ccccc1)c1ccc([N+](=O)[O-])cc1. The van der Waals surface area contributed by atoms with Crippen molar-refractivity contribution in [3.63, 3.8) is 0 Å². The topological polar surface area (TPSA) is 98.5 Å². The molecular formula is C22H18N2O5. The van der Waals surface area contributed by atoms with Gasteiger partial charge in [0.2, 0.25) is 5.78 Å². The van der Waals surface area contributed by atoms with Gasteiger partial charge < -0.3 is 10.1 Å². The Balaban J connectivity index is 1.97. The highest BCUT2D eigenvalue weighted by Gasteiger charge is 2.28. The number of rotatable bonds is 7. The zero-order valence-corrected chi connectivity index (χ0v) is 15.6. The number of nitro groups is 1. The quantitative estimate of drug-likeness (QED) is 0.278. The number of nitro benzene ring substituents is 1. The summed E-state index contributed by atoms with van der Waals surface area (Å²) in [6.07, 6.45) is -1.24.